The first kappa shape index (κ1) is 9.09. The van der Waals surface area contributed by atoms with Crippen molar-refractivity contribution in [1.29, 1.82) is 0 Å². The monoisotopic (exact) mass is 209 g/mol. The Hall–Kier alpha value is -1.48. The smallest absolute Gasteiger partial charge is 0.336 e. The fourth-order valence-corrected chi connectivity index (χ4v) is 1.48. The van der Waals surface area contributed by atoms with Crippen molar-refractivity contribution < 1.29 is 4.52 Å². The van der Waals surface area contributed by atoms with Crippen molar-refractivity contribution in [3.63, 3.8) is 0 Å². The predicted octanol–water partition coefficient (Wildman–Crippen LogP) is 2.30. The van der Waals surface area contributed by atoms with E-state index in [1.807, 2.05) is 6.07 Å². The van der Waals surface area contributed by atoms with Crippen molar-refractivity contribution in [2.24, 2.45) is 7.05 Å². The summed E-state index contributed by atoms with van der Waals surface area (Å²) >= 11 is 5.81. The van der Waals surface area contributed by atoms with Crippen LogP contribution in [0, 0.1) is 0 Å². The maximum absolute atomic E-state index is 11.3. The normalized spacial score (nSPS) is 10.4. The summed E-state index contributed by atoms with van der Waals surface area (Å²) in [6.07, 6.45) is 1.63. The van der Waals surface area contributed by atoms with Crippen LogP contribution in [0.5, 0.6) is 0 Å². The molecular weight excluding hydrogens is 202 g/mol. The van der Waals surface area contributed by atoms with Gasteiger partial charge in [-0.15, -0.1) is 0 Å². The van der Waals surface area contributed by atoms with Crippen LogP contribution in [0.4, 0.5) is 0 Å². The molecule has 0 aliphatic carbocycles. The largest absolute Gasteiger partial charge is 0.365 e. The Morgan fingerprint density at radius 2 is 2.21 bits per heavy atom. The maximum Gasteiger partial charge on any atom is 0.365 e. The highest BCUT2D eigenvalue weighted by atomic mass is 35.5. The number of rotatable bonds is 1. The molecule has 0 amide bonds. The molecule has 0 N–H and O–H groups in total. The van der Waals surface area contributed by atoms with Gasteiger partial charge in [0.2, 0.25) is 0 Å². The summed E-state index contributed by atoms with van der Waals surface area (Å²) < 4.78 is 6.20. The molecule has 0 fully saturated rings. The molecule has 0 aliphatic heterocycles. The Bertz CT molecular complexity index is 513. The summed E-state index contributed by atoms with van der Waals surface area (Å²) in [7, 11) is 1.66. The van der Waals surface area contributed by atoms with Gasteiger partial charge < -0.3 is 4.52 Å². The number of nitrogens with zero attached hydrogens (tertiary/aromatic N) is 1. The highest BCUT2D eigenvalue weighted by Crippen LogP contribution is 2.19. The van der Waals surface area contributed by atoms with Gasteiger partial charge in [-0.1, -0.05) is 23.7 Å². The van der Waals surface area contributed by atoms with Gasteiger partial charge in [0.1, 0.15) is 0 Å². The second kappa shape index (κ2) is 3.35. The number of aryl methyl sites for hydroxylation is 1. The molecule has 14 heavy (non-hydrogen) atoms. The molecule has 0 aliphatic rings. The molecule has 0 unspecified atom stereocenters. The van der Waals surface area contributed by atoms with Gasteiger partial charge in [-0.3, -0.25) is 0 Å². The van der Waals surface area contributed by atoms with Crippen LogP contribution in [-0.2, 0) is 7.05 Å². The van der Waals surface area contributed by atoms with Crippen LogP contribution in [0.2, 0.25) is 5.02 Å². The van der Waals surface area contributed by atoms with Crippen LogP contribution in [0.25, 0.3) is 11.1 Å². The van der Waals surface area contributed by atoms with Crippen LogP contribution in [0.15, 0.2) is 39.8 Å². The maximum atomic E-state index is 11.3. The van der Waals surface area contributed by atoms with Gasteiger partial charge in [-0.05, 0) is 17.7 Å². The first-order valence-electron chi connectivity index (χ1n) is 4.10. The van der Waals surface area contributed by atoms with E-state index in [2.05, 4.69) is 0 Å². The second-order valence-corrected chi connectivity index (χ2v) is 3.41. The van der Waals surface area contributed by atoms with Gasteiger partial charge in [0.05, 0.1) is 11.8 Å². The first-order chi connectivity index (χ1) is 6.66. The Morgan fingerprint density at radius 1 is 1.43 bits per heavy atom. The van der Waals surface area contributed by atoms with E-state index in [0.29, 0.717) is 10.6 Å². The molecule has 4 heteroatoms. The van der Waals surface area contributed by atoms with Crippen LogP contribution in [0.1, 0.15) is 0 Å². The molecule has 1 heterocycles. The minimum atomic E-state index is -0.352. The van der Waals surface area contributed by atoms with E-state index >= 15 is 0 Å². The molecule has 1 aromatic carbocycles. The van der Waals surface area contributed by atoms with Crippen molar-refractivity contribution in [2.75, 3.05) is 0 Å². The lowest BCUT2D eigenvalue weighted by Gasteiger charge is -1.94. The van der Waals surface area contributed by atoms with Crippen molar-refractivity contribution in [1.82, 2.24) is 4.74 Å². The van der Waals surface area contributed by atoms with Gasteiger partial charge in [0.15, 0.2) is 0 Å². The highest BCUT2D eigenvalue weighted by Gasteiger charge is 2.07. The van der Waals surface area contributed by atoms with E-state index in [0.717, 1.165) is 5.56 Å². The van der Waals surface area contributed by atoms with Crippen LogP contribution in [-0.4, -0.2) is 4.74 Å². The minimum absolute atomic E-state index is 0.352. The highest BCUT2D eigenvalue weighted by molar-refractivity contribution is 6.30. The van der Waals surface area contributed by atoms with E-state index < -0.39 is 0 Å². The molecule has 0 bridgehead atoms. The Labute approximate surface area is 85.5 Å². The van der Waals surface area contributed by atoms with E-state index in [1.54, 1.807) is 31.4 Å². The summed E-state index contributed by atoms with van der Waals surface area (Å²) in [4.78, 5) is 11.3. The molecular formula is C10H8ClNO2. The molecule has 3 nitrogen and oxygen atoms in total. The van der Waals surface area contributed by atoms with Gasteiger partial charge in [-0.2, -0.15) is 0 Å². The zero-order valence-electron chi connectivity index (χ0n) is 7.53. The van der Waals surface area contributed by atoms with Gasteiger partial charge >= 0.3 is 5.63 Å². The third-order valence-corrected chi connectivity index (χ3v) is 2.13. The molecule has 0 saturated carbocycles. The first-order valence-corrected chi connectivity index (χ1v) is 4.47. The zero-order chi connectivity index (χ0) is 10.1. The van der Waals surface area contributed by atoms with Gasteiger partial charge in [0.25, 0.3) is 0 Å². The van der Waals surface area contributed by atoms with Crippen molar-refractivity contribution >= 4 is 11.6 Å². The van der Waals surface area contributed by atoms with Crippen molar-refractivity contribution in [3.8, 4) is 11.1 Å². The van der Waals surface area contributed by atoms with E-state index in [9.17, 15) is 4.79 Å². The average molecular weight is 210 g/mol. The van der Waals surface area contributed by atoms with E-state index in [-0.39, 0.29) is 5.63 Å². The molecule has 0 saturated heterocycles. The third-order valence-electron chi connectivity index (χ3n) is 1.89. The number of hydrogen-bond donors (Lipinski definition) is 0. The lowest BCUT2D eigenvalue weighted by Crippen LogP contribution is -1.95. The summed E-state index contributed by atoms with van der Waals surface area (Å²) in [5, 5.41) is 0.603. The Balaban J connectivity index is 2.60. The van der Waals surface area contributed by atoms with E-state index in [4.69, 9.17) is 16.1 Å². The van der Waals surface area contributed by atoms with Gasteiger partial charge in [-0.25, -0.2) is 9.53 Å². The number of halogens is 1. The predicted molar refractivity (Wildman–Crippen MR) is 54.4 cm³/mol. The number of aromatic nitrogens is 1. The SMILES string of the molecule is Cn1cc(-c2cccc(Cl)c2)c(=O)o1. The average Bonchev–Trinajstić information content (AvgIpc) is 2.45. The standard InChI is InChI=1S/C10H8ClNO2/c1-12-6-9(10(13)14-12)7-3-2-4-8(11)5-7/h2-6H,1H3. The topological polar surface area (TPSA) is 35.1 Å². The lowest BCUT2D eigenvalue weighted by molar-refractivity contribution is 0.286. The third kappa shape index (κ3) is 1.59. The van der Waals surface area contributed by atoms with Crippen LogP contribution < -0.4 is 5.63 Å². The molecule has 1 aromatic heterocycles. The molecule has 0 radical (unpaired) electrons. The van der Waals surface area contributed by atoms with Gasteiger partial charge in [0, 0.05) is 12.1 Å². The Morgan fingerprint density at radius 3 is 2.79 bits per heavy atom. The molecule has 2 rings (SSSR count). The molecule has 2 aromatic rings. The summed E-state index contributed by atoms with van der Waals surface area (Å²) in [6.45, 7) is 0. The quantitative estimate of drug-likeness (QED) is 0.723. The second-order valence-electron chi connectivity index (χ2n) is 2.98. The molecule has 0 atom stereocenters. The van der Waals surface area contributed by atoms with E-state index in [1.165, 1.54) is 4.74 Å². The van der Waals surface area contributed by atoms with Crippen molar-refractivity contribution in [3.05, 3.63) is 45.9 Å². The zero-order valence-corrected chi connectivity index (χ0v) is 8.28. The minimum Gasteiger partial charge on any atom is -0.336 e. The fraction of sp³-hybridized carbons (Fsp3) is 0.100. The number of hydrogen-bond acceptors (Lipinski definition) is 2. The molecule has 0 spiro atoms. The summed E-state index contributed by atoms with van der Waals surface area (Å²) in [6, 6.07) is 7.10. The number of benzene rings is 1. The molecule has 72 valence electrons. The Kier molecular flexibility index (Phi) is 2.17. The fourth-order valence-electron chi connectivity index (χ4n) is 1.29. The lowest BCUT2D eigenvalue weighted by atomic mass is 10.1. The van der Waals surface area contributed by atoms with Crippen molar-refractivity contribution in [2.45, 2.75) is 0 Å². The van der Waals surface area contributed by atoms with Crippen LogP contribution in [0.3, 0.4) is 0 Å². The van der Waals surface area contributed by atoms with Crippen LogP contribution >= 0.6 is 11.6 Å². The summed E-state index contributed by atoms with van der Waals surface area (Å²) in [5.41, 5.74) is 0.941. The summed E-state index contributed by atoms with van der Waals surface area (Å²) in [5.74, 6) is 0.